The van der Waals surface area contributed by atoms with E-state index in [0.29, 0.717) is 92.9 Å². The molecule has 0 bridgehead atoms. The normalized spacial score (nSPS) is 14.9. The molecule has 8 aromatic rings. The smallest absolute Gasteiger partial charge is 0.410 e. The Bertz CT molecular complexity index is 3880. The van der Waals surface area contributed by atoms with Crippen molar-refractivity contribution in [2.75, 3.05) is 39.4 Å². The maximum Gasteiger partial charge on any atom is 0.410 e. The van der Waals surface area contributed by atoms with Gasteiger partial charge < -0.3 is 54.0 Å². The van der Waals surface area contributed by atoms with Crippen LogP contribution in [0.2, 0.25) is 61.4 Å². The molecule has 0 spiro atoms. The number of aryl methyl sites for hydroxylation is 2. The first kappa shape index (κ1) is 67.9. The Morgan fingerprint density at radius 3 is 1.46 bits per heavy atom. The summed E-state index contributed by atoms with van der Waals surface area (Å²) in [5.74, 6) is -0.779. The third-order valence-corrected chi connectivity index (χ3v) is 19.0. The summed E-state index contributed by atoms with van der Waals surface area (Å²) in [5, 5.41) is 25.1. The SMILES string of the molecule is CC(N)C1CN(C(=O)OC(C)(C)C)C1.CC(NC(=O)c1cn(COCC[Si](C)(C)C)c2ncc(-c3nn(C)c4cc(Cl)ccc34)nc12)C1CN(C(=O)OC(C)(C)C)C1.Cn1nc(-c2cnc3c(n2)c(C(=O)O)cn3COCC[Si](C)(C)C)c2ccc(Cl)cc21. The molecule has 0 aliphatic carbocycles. The number of carbonyl (C=O) groups excluding carboxylic acids is 3. The van der Waals surface area contributed by atoms with Gasteiger partial charge in [-0.05, 0) is 104 Å². The fourth-order valence-corrected chi connectivity index (χ4v) is 11.6. The number of carboxylic acids is 1. The van der Waals surface area contributed by atoms with Gasteiger partial charge in [0.05, 0.1) is 29.0 Å². The molecule has 0 saturated carbocycles. The molecule has 89 heavy (non-hydrogen) atoms. The number of aromatic carboxylic acids is 1. The standard InChI is InChI=1S/C31H42ClN7O4Si.C21H24ClN5O3Si.C10H20N2O2/c1-19(20-15-38(16-20)30(41)43-31(2,3)4)34-29(40)23-17-39(18-42-11-12-44(6,7)8)28-27(23)35-24(14-33-28)26-22-10-9-21(32)13-25(22)37(5)36-26;1-26-17-9-13(22)5-6-14(17)18(25-26)16-10-23-20-19(24-16)15(21(28)29)11-27(20)12-30-7-8-31(2,3)4;1-7(11)8-5-12(6-8)9(13)14-10(2,3)4/h9-10,13-14,17,19-20H,11-12,15-16,18H2,1-8H3,(H,34,40);5-6,9-11H,7-8,12H2,1-4H3,(H,28,29);7-8H,5-6,11H2,1-4H3. The quantitative estimate of drug-likeness (QED) is 0.0565. The minimum absolute atomic E-state index is 0.0847. The number of amides is 3. The number of nitrogens with two attached hydrogens (primary N) is 1. The van der Waals surface area contributed by atoms with Gasteiger partial charge in [-0.25, -0.2) is 34.3 Å². The molecular weight excluding hydrogens is 1210 g/mol. The van der Waals surface area contributed by atoms with Gasteiger partial charge in [0.1, 0.15) is 64.0 Å². The van der Waals surface area contributed by atoms with Crippen molar-refractivity contribution in [3.8, 4) is 22.8 Å². The van der Waals surface area contributed by atoms with E-state index in [1.165, 1.54) is 6.20 Å². The summed E-state index contributed by atoms with van der Waals surface area (Å²) >= 11 is 12.3. The van der Waals surface area contributed by atoms with Crippen molar-refractivity contribution in [2.24, 2.45) is 31.7 Å². The lowest BCUT2D eigenvalue weighted by Crippen LogP contribution is -2.58. The molecule has 23 nitrogen and oxygen atoms in total. The summed E-state index contributed by atoms with van der Waals surface area (Å²) in [6.07, 6.45) is 6.02. The molecule has 0 radical (unpaired) electrons. The van der Waals surface area contributed by atoms with Crippen molar-refractivity contribution < 1.29 is 43.2 Å². The molecule has 2 unspecified atom stereocenters. The predicted molar refractivity (Wildman–Crippen MR) is 353 cm³/mol. The maximum absolute atomic E-state index is 13.7. The van der Waals surface area contributed by atoms with E-state index >= 15 is 0 Å². The largest absolute Gasteiger partial charge is 0.478 e. The topological polar surface area (TPSA) is 267 Å². The number of halogens is 2. The first-order valence-corrected chi connectivity index (χ1v) is 38.1. The van der Waals surface area contributed by atoms with Crippen LogP contribution in [0.3, 0.4) is 0 Å². The molecule has 2 aliphatic rings. The zero-order valence-corrected chi connectivity index (χ0v) is 57.6. The highest BCUT2D eigenvalue weighted by Crippen LogP contribution is 2.33. The molecule has 4 N–H and O–H groups in total. The van der Waals surface area contributed by atoms with Gasteiger partial charge in [-0.15, -0.1) is 0 Å². The van der Waals surface area contributed by atoms with Crippen LogP contribution >= 0.6 is 23.2 Å². The molecule has 3 amide bonds. The number of fused-ring (bicyclic) bond motifs is 4. The van der Waals surface area contributed by atoms with E-state index in [-0.39, 0.29) is 55.1 Å². The molecular formula is C62H86Cl2N14O9Si2. The van der Waals surface area contributed by atoms with Crippen LogP contribution in [0, 0.1) is 11.8 Å². The number of aromatic nitrogens is 10. The number of hydrogen-bond donors (Lipinski definition) is 3. The molecule has 2 fully saturated rings. The van der Waals surface area contributed by atoms with Gasteiger partial charge >= 0.3 is 18.2 Å². The summed E-state index contributed by atoms with van der Waals surface area (Å²) < 4.78 is 29.5. The van der Waals surface area contributed by atoms with Gasteiger partial charge in [0.15, 0.2) is 11.3 Å². The van der Waals surface area contributed by atoms with E-state index in [4.69, 9.17) is 62.9 Å². The lowest BCUT2D eigenvalue weighted by Gasteiger charge is -2.42. The van der Waals surface area contributed by atoms with E-state index in [9.17, 15) is 24.3 Å². The van der Waals surface area contributed by atoms with Gasteiger partial charge in [0, 0.05) is 127 Å². The van der Waals surface area contributed by atoms with Crippen LogP contribution < -0.4 is 11.1 Å². The molecule has 8 heterocycles. The summed E-state index contributed by atoms with van der Waals surface area (Å²) in [7, 11) is 1.22. The number of nitrogens with one attached hydrogen (secondary N) is 1. The van der Waals surface area contributed by atoms with E-state index in [1.807, 2.05) is 104 Å². The lowest BCUT2D eigenvalue weighted by molar-refractivity contribution is -0.00576. The van der Waals surface area contributed by atoms with Crippen LogP contribution in [-0.2, 0) is 46.5 Å². The minimum Gasteiger partial charge on any atom is -0.478 e. The number of rotatable bonds is 17. The van der Waals surface area contributed by atoms with Gasteiger partial charge in [-0.3, -0.25) is 14.2 Å². The summed E-state index contributed by atoms with van der Waals surface area (Å²) in [6, 6.07) is 13.1. The Hall–Kier alpha value is -7.01. The van der Waals surface area contributed by atoms with Crippen molar-refractivity contribution in [1.29, 1.82) is 0 Å². The van der Waals surface area contributed by atoms with Crippen LogP contribution in [0.25, 0.3) is 66.9 Å². The average Bonchev–Trinajstić information content (AvgIpc) is 2.51. The van der Waals surface area contributed by atoms with Gasteiger partial charge in [-0.1, -0.05) is 62.5 Å². The molecule has 6 aromatic heterocycles. The summed E-state index contributed by atoms with van der Waals surface area (Å²) in [4.78, 5) is 71.6. The van der Waals surface area contributed by atoms with Gasteiger partial charge in [0.25, 0.3) is 5.91 Å². The van der Waals surface area contributed by atoms with Crippen molar-refractivity contribution in [3.63, 3.8) is 0 Å². The first-order valence-electron chi connectivity index (χ1n) is 29.9. The second-order valence-electron chi connectivity index (χ2n) is 27.6. The Morgan fingerprint density at radius 1 is 0.663 bits per heavy atom. The Morgan fingerprint density at radius 2 is 1.07 bits per heavy atom. The van der Waals surface area contributed by atoms with Crippen LogP contribution in [0.4, 0.5) is 9.59 Å². The van der Waals surface area contributed by atoms with Gasteiger partial charge in [-0.2, -0.15) is 10.2 Å². The van der Waals surface area contributed by atoms with E-state index < -0.39 is 33.3 Å². The fourth-order valence-electron chi connectivity index (χ4n) is 9.80. The number of likely N-dealkylation sites (tertiary alicyclic amines) is 2. The molecule has 2 aliphatic heterocycles. The molecule has 27 heteroatoms. The Labute approximate surface area is 531 Å². The predicted octanol–water partition coefficient (Wildman–Crippen LogP) is 11.8. The van der Waals surface area contributed by atoms with Crippen LogP contribution in [0.5, 0.6) is 0 Å². The van der Waals surface area contributed by atoms with Crippen LogP contribution in [0.15, 0.2) is 61.2 Å². The monoisotopic (exact) mass is 1300 g/mol. The molecule has 2 atom stereocenters. The number of carboxylic acid groups (broad SMARTS) is 1. The number of hydrogen-bond acceptors (Lipinski definition) is 15. The molecule has 480 valence electrons. The number of carbonyl (C=O) groups is 4. The van der Waals surface area contributed by atoms with Crippen molar-refractivity contribution >= 4 is 108 Å². The van der Waals surface area contributed by atoms with E-state index in [1.54, 1.807) is 48.4 Å². The number of nitrogens with zero attached hydrogens (tertiary/aromatic N) is 12. The van der Waals surface area contributed by atoms with Crippen molar-refractivity contribution in [2.45, 2.75) is 144 Å². The second kappa shape index (κ2) is 27.2. The Balaban J connectivity index is 0.000000196. The summed E-state index contributed by atoms with van der Waals surface area (Å²) in [6.45, 7) is 33.1. The third-order valence-electron chi connectivity index (χ3n) is 15.1. The highest BCUT2D eigenvalue weighted by atomic mass is 35.5. The second-order valence-corrected chi connectivity index (χ2v) is 39.7. The zero-order chi connectivity index (χ0) is 65.2. The fraction of sp³-hybridized carbons (Fsp3) is 0.516. The average molecular weight is 1300 g/mol. The third kappa shape index (κ3) is 17.3. The highest BCUT2D eigenvalue weighted by molar-refractivity contribution is 6.76. The lowest BCUT2D eigenvalue weighted by atomic mass is 9.93. The van der Waals surface area contributed by atoms with E-state index in [2.05, 4.69) is 59.7 Å². The molecule has 2 saturated heterocycles. The van der Waals surface area contributed by atoms with Gasteiger partial charge in [0.2, 0.25) is 0 Å². The first-order chi connectivity index (χ1) is 41.5. The Kier molecular flexibility index (Phi) is 20.8. The summed E-state index contributed by atoms with van der Waals surface area (Å²) in [5.41, 5.74) is 11.1. The van der Waals surface area contributed by atoms with E-state index in [0.717, 1.165) is 47.0 Å². The molecule has 10 rings (SSSR count). The molecule has 2 aromatic carbocycles. The maximum atomic E-state index is 13.7. The van der Waals surface area contributed by atoms with Crippen molar-refractivity contribution in [3.05, 3.63) is 82.4 Å². The number of ether oxygens (including phenoxy) is 4. The van der Waals surface area contributed by atoms with Crippen LogP contribution in [-0.4, -0.2) is 166 Å². The van der Waals surface area contributed by atoms with Crippen molar-refractivity contribution in [1.82, 2.24) is 63.7 Å². The number of benzene rings is 2. The zero-order valence-electron chi connectivity index (χ0n) is 54.1. The van der Waals surface area contributed by atoms with Crippen LogP contribution in [0.1, 0.15) is 76.1 Å². The highest BCUT2D eigenvalue weighted by Gasteiger charge is 2.38. The minimum atomic E-state index is -1.26.